The van der Waals surface area contributed by atoms with Crippen molar-refractivity contribution in [1.82, 2.24) is 4.90 Å². The van der Waals surface area contributed by atoms with Crippen molar-refractivity contribution in [1.29, 1.82) is 0 Å². The molecular weight excluding hydrogens is 194 g/mol. The predicted molar refractivity (Wildman–Crippen MR) is 74.5 cm³/mol. The van der Waals surface area contributed by atoms with E-state index in [4.69, 9.17) is 0 Å². The highest BCUT2D eigenvalue weighted by molar-refractivity contribution is 5.15. The van der Waals surface area contributed by atoms with Crippen LogP contribution in [0.4, 0.5) is 0 Å². The van der Waals surface area contributed by atoms with Crippen LogP contribution in [0.25, 0.3) is 0 Å². The molecule has 2 aliphatic heterocycles. The second-order valence-corrected chi connectivity index (χ2v) is 4.44. The molecule has 0 aromatic carbocycles. The van der Waals surface area contributed by atoms with Gasteiger partial charge in [0.25, 0.3) is 0 Å². The zero-order valence-electron chi connectivity index (χ0n) is 12.0. The van der Waals surface area contributed by atoms with Gasteiger partial charge in [0, 0.05) is 18.0 Å². The fraction of sp³-hybridized carbons (Fsp3) is 0.733. The van der Waals surface area contributed by atoms with E-state index < -0.39 is 0 Å². The van der Waals surface area contributed by atoms with Gasteiger partial charge in [0.1, 0.15) is 0 Å². The molecule has 0 aliphatic carbocycles. The molecule has 0 aromatic heterocycles. The summed E-state index contributed by atoms with van der Waals surface area (Å²) in [6.07, 6.45) is 12.0. The lowest BCUT2D eigenvalue weighted by Crippen LogP contribution is -2.20. The van der Waals surface area contributed by atoms with E-state index in [1.54, 1.807) is 0 Å². The Kier molecular flexibility index (Phi) is 7.20. The van der Waals surface area contributed by atoms with E-state index in [0.717, 1.165) is 0 Å². The molecule has 2 aliphatic rings. The maximum atomic E-state index is 2.45. The predicted octanol–water partition coefficient (Wildman–Crippen LogP) is 4.61. The number of hydrogen-bond acceptors (Lipinski definition) is 1. The maximum Gasteiger partial charge on any atom is 0.0468 e. The van der Waals surface area contributed by atoms with Crippen LogP contribution in [0.5, 0.6) is 0 Å². The Morgan fingerprint density at radius 2 is 1.69 bits per heavy atom. The zero-order chi connectivity index (χ0) is 12.6. The van der Waals surface area contributed by atoms with Crippen LogP contribution in [0.15, 0.2) is 24.4 Å². The van der Waals surface area contributed by atoms with E-state index >= 15 is 0 Å². The summed E-state index contributed by atoms with van der Waals surface area (Å²) in [6.45, 7) is 13.7. The lowest BCUT2D eigenvalue weighted by molar-refractivity contribution is 0.402. The van der Waals surface area contributed by atoms with Crippen molar-refractivity contribution < 1.29 is 0 Å². The zero-order valence-corrected chi connectivity index (χ0v) is 12.0. The molecule has 1 atom stereocenters. The average Bonchev–Trinajstić information content (AvgIpc) is 2.72. The molecule has 0 amide bonds. The van der Waals surface area contributed by atoms with Crippen LogP contribution < -0.4 is 0 Å². The molecule has 0 bridgehead atoms. The van der Waals surface area contributed by atoms with Crippen LogP contribution in [0.1, 0.15) is 54.4 Å². The Balaban J connectivity index is 0.000000509. The van der Waals surface area contributed by atoms with Gasteiger partial charge >= 0.3 is 0 Å². The second-order valence-electron chi connectivity index (χ2n) is 4.44. The van der Waals surface area contributed by atoms with Crippen LogP contribution in [-0.2, 0) is 0 Å². The minimum absolute atomic E-state index is 0.254. The summed E-state index contributed by atoms with van der Waals surface area (Å²) in [5, 5.41) is 0. The van der Waals surface area contributed by atoms with Crippen LogP contribution in [0, 0.1) is 5.41 Å². The molecule has 1 nitrogen and oxygen atoms in total. The van der Waals surface area contributed by atoms with Gasteiger partial charge in [-0.3, -0.25) is 0 Å². The Morgan fingerprint density at radius 3 is 2.31 bits per heavy atom. The first-order valence-corrected chi connectivity index (χ1v) is 6.82. The largest absolute Gasteiger partial charge is 0.371 e. The Morgan fingerprint density at radius 1 is 1.06 bits per heavy atom. The first-order valence-electron chi connectivity index (χ1n) is 6.82. The maximum absolute atomic E-state index is 2.45. The molecule has 1 unspecified atom stereocenters. The summed E-state index contributed by atoms with van der Waals surface area (Å²) in [6, 6.07) is 0.683. The topological polar surface area (TPSA) is 3.24 Å². The number of nitrogens with zero attached hydrogens (tertiary/aromatic N) is 1. The van der Waals surface area contributed by atoms with Gasteiger partial charge in [0.2, 0.25) is 0 Å². The Bertz CT molecular complexity index is 204. The minimum Gasteiger partial charge on any atom is -0.371 e. The van der Waals surface area contributed by atoms with E-state index in [1.165, 1.54) is 19.4 Å². The third kappa shape index (κ3) is 4.42. The average molecular weight is 223 g/mol. The molecule has 0 saturated carbocycles. The number of rotatable bonds is 0. The molecule has 2 heterocycles. The third-order valence-electron chi connectivity index (χ3n) is 2.79. The minimum atomic E-state index is 0.254. The highest BCUT2D eigenvalue weighted by Crippen LogP contribution is 2.28. The van der Waals surface area contributed by atoms with E-state index in [1.807, 2.05) is 27.7 Å². The second kappa shape index (κ2) is 7.54. The molecule has 1 fully saturated rings. The summed E-state index contributed by atoms with van der Waals surface area (Å²) in [5.41, 5.74) is 0.254. The molecule has 0 spiro atoms. The van der Waals surface area contributed by atoms with E-state index in [-0.39, 0.29) is 5.41 Å². The molecule has 94 valence electrons. The van der Waals surface area contributed by atoms with Crippen LogP contribution in [-0.4, -0.2) is 17.5 Å². The summed E-state index contributed by atoms with van der Waals surface area (Å²) in [7, 11) is 0. The van der Waals surface area contributed by atoms with Crippen LogP contribution in [0.2, 0.25) is 0 Å². The van der Waals surface area contributed by atoms with Gasteiger partial charge < -0.3 is 4.90 Å². The van der Waals surface area contributed by atoms with Crippen LogP contribution >= 0.6 is 0 Å². The number of fused-ring (bicyclic) bond motifs is 1. The third-order valence-corrected chi connectivity index (χ3v) is 2.79. The number of hydrogen-bond donors (Lipinski definition) is 0. The molecule has 0 aromatic rings. The van der Waals surface area contributed by atoms with Gasteiger partial charge in [-0.1, -0.05) is 59.8 Å². The van der Waals surface area contributed by atoms with Crippen molar-refractivity contribution in [2.24, 2.45) is 5.41 Å². The lowest BCUT2D eigenvalue weighted by Gasteiger charge is -2.17. The highest BCUT2D eigenvalue weighted by atomic mass is 15.2. The summed E-state index contributed by atoms with van der Waals surface area (Å²) < 4.78 is 0. The van der Waals surface area contributed by atoms with Gasteiger partial charge in [-0.2, -0.15) is 0 Å². The van der Waals surface area contributed by atoms with Gasteiger partial charge in [-0.25, -0.2) is 0 Å². The quantitative estimate of drug-likeness (QED) is 0.542. The standard InChI is InChI=1S/C11H17N.2C2H6/c1-11(2)6-5-10-4-3-8-12(10)9-7-11;2*1-2/h5-7,9-10H,3-4,8H2,1-2H3;2*1-2H3. The smallest absolute Gasteiger partial charge is 0.0468 e. The van der Waals surface area contributed by atoms with Crippen molar-refractivity contribution in [3.8, 4) is 0 Å². The van der Waals surface area contributed by atoms with Gasteiger partial charge in [0.05, 0.1) is 0 Å². The normalized spacial score (nSPS) is 24.6. The summed E-state index contributed by atoms with van der Waals surface area (Å²) in [4.78, 5) is 2.45. The van der Waals surface area contributed by atoms with E-state index in [9.17, 15) is 0 Å². The fourth-order valence-corrected chi connectivity index (χ4v) is 1.91. The molecule has 0 N–H and O–H groups in total. The molecule has 2 rings (SSSR count). The first-order chi connectivity index (χ1) is 7.67. The van der Waals surface area contributed by atoms with Crippen molar-refractivity contribution in [2.75, 3.05) is 6.54 Å². The molecule has 1 saturated heterocycles. The molecule has 16 heavy (non-hydrogen) atoms. The van der Waals surface area contributed by atoms with Gasteiger partial charge in [-0.05, 0) is 19.0 Å². The summed E-state index contributed by atoms with van der Waals surface area (Å²) in [5.74, 6) is 0. The monoisotopic (exact) mass is 223 g/mol. The fourth-order valence-electron chi connectivity index (χ4n) is 1.91. The Labute approximate surface area is 102 Å². The van der Waals surface area contributed by atoms with Gasteiger partial charge in [-0.15, -0.1) is 0 Å². The highest BCUT2D eigenvalue weighted by Gasteiger charge is 2.23. The van der Waals surface area contributed by atoms with Crippen molar-refractivity contribution in [3.63, 3.8) is 0 Å². The van der Waals surface area contributed by atoms with Crippen molar-refractivity contribution in [3.05, 3.63) is 24.4 Å². The number of allylic oxidation sites excluding steroid dienone is 2. The van der Waals surface area contributed by atoms with Gasteiger partial charge in [0.15, 0.2) is 0 Å². The Hall–Kier alpha value is -0.720. The molecule has 1 heteroatoms. The SMILES string of the molecule is CC.CC.CC1(C)C=CC2CCCN2C=C1. The van der Waals surface area contributed by atoms with Crippen LogP contribution in [0.3, 0.4) is 0 Å². The summed E-state index contributed by atoms with van der Waals surface area (Å²) >= 11 is 0. The van der Waals surface area contributed by atoms with Crippen molar-refractivity contribution in [2.45, 2.75) is 60.4 Å². The van der Waals surface area contributed by atoms with Crippen molar-refractivity contribution >= 4 is 0 Å². The lowest BCUT2D eigenvalue weighted by atomic mass is 9.93. The first kappa shape index (κ1) is 15.3. The molecular formula is C15H29N. The van der Waals surface area contributed by atoms with E-state index in [2.05, 4.69) is 43.2 Å². The van der Waals surface area contributed by atoms with E-state index in [0.29, 0.717) is 6.04 Å². The molecule has 0 radical (unpaired) electrons.